The van der Waals surface area contributed by atoms with E-state index in [1.165, 1.54) is 5.56 Å². The van der Waals surface area contributed by atoms with Crippen molar-refractivity contribution in [1.82, 2.24) is 14.9 Å². The van der Waals surface area contributed by atoms with Crippen molar-refractivity contribution in [3.8, 4) is 0 Å². The van der Waals surface area contributed by atoms with Crippen LogP contribution in [0.4, 0.5) is 5.82 Å². The second-order valence-corrected chi connectivity index (χ2v) is 7.44. The molecule has 1 aliphatic heterocycles. The van der Waals surface area contributed by atoms with Gasteiger partial charge in [0.1, 0.15) is 12.1 Å². The summed E-state index contributed by atoms with van der Waals surface area (Å²) in [7, 11) is 0. The summed E-state index contributed by atoms with van der Waals surface area (Å²) >= 11 is 0. The Morgan fingerprint density at radius 2 is 1.84 bits per heavy atom. The van der Waals surface area contributed by atoms with Crippen molar-refractivity contribution >= 4 is 5.82 Å². The van der Waals surface area contributed by atoms with E-state index in [1.54, 1.807) is 6.33 Å². The van der Waals surface area contributed by atoms with Gasteiger partial charge in [-0.2, -0.15) is 0 Å². The topological polar surface area (TPSA) is 67.1 Å². The first-order chi connectivity index (χ1) is 12.3. The molecule has 0 atom stereocenters. The summed E-state index contributed by atoms with van der Waals surface area (Å²) in [6.07, 6.45) is 6.09. The van der Waals surface area contributed by atoms with E-state index < -0.39 is 0 Å². The van der Waals surface area contributed by atoms with Crippen LogP contribution in [0.5, 0.6) is 0 Å². The normalized spacial score (nSPS) is 24.7. The highest BCUT2D eigenvalue weighted by atomic mass is 15.1. The summed E-state index contributed by atoms with van der Waals surface area (Å²) in [5, 5.41) is 3.61. The number of rotatable bonds is 5. The third kappa shape index (κ3) is 4.17. The van der Waals surface area contributed by atoms with E-state index in [4.69, 9.17) is 5.73 Å². The molecule has 5 nitrogen and oxygen atoms in total. The maximum Gasteiger partial charge on any atom is 0.129 e. The predicted octanol–water partition coefficient (Wildman–Crippen LogP) is 2.76. The second-order valence-electron chi connectivity index (χ2n) is 7.44. The third-order valence-corrected chi connectivity index (χ3v) is 5.47. The SMILES string of the molecule is NC1CC(c2cc(NC3CCN(Cc4ccccc4)CC3)ncn2)C1. The molecule has 1 aromatic carbocycles. The smallest absolute Gasteiger partial charge is 0.129 e. The minimum Gasteiger partial charge on any atom is -0.367 e. The highest BCUT2D eigenvalue weighted by Gasteiger charge is 2.28. The summed E-state index contributed by atoms with van der Waals surface area (Å²) in [6.45, 7) is 3.30. The van der Waals surface area contributed by atoms with Gasteiger partial charge in [0.25, 0.3) is 0 Å². The zero-order valence-corrected chi connectivity index (χ0v) is 14.6. The highest BCUT2D eigenvalue weighted by molar-refractivity contribution is 5.37. The van der Waals surface area contributed by atoms with Gasteiger partial charge in [-0.05, 0) is 31.2 Å². The van der Waals surface area contributed by atoms with Gasteiger partial charge in [0.2, 0.25) is 0 Å². The van der Waals surface area contributed by atoms with E-state index in [9.17, 15) is 0 Å². The minimum absolute atomic E-state index is 0.352. The second kappa shape index (κ2) is 7.50. The van der Waals surface area contributed by atoms with Crippen molar-refractivity contribution in [3.05, 3.63) is 54.0 Å². The number of hydrogen-bond acceptors (Lipinski definition) is 5. The van der Waals surface area contributed by atoms with Gasteiger partial charge >= 0.3 is 0 Å². The summed E-state index contributed by atoms with van der Waals surface area (Å²) in [5.74, 6) is 1.48. The van der Waals surface area contributed by atoms with Crippen LogP contribution in [0.2, 0.25) is 0 Å². The number of nitrogens with one attached hydrogen (secondary N) is 1. The molecule has 2 fully saturated rings. The lowest BCUT2D eigenvalue weighted by atomic mass is 9.78. The Kier molecular flexibility index (Phi) is 4.95. The number of hydrogen-bond donors (Lipinski definition) is 2. The van der Waals surface area contributed by atoms with Crippen LogP contribution in [0.1, 0.15) is 42.9 Å². The van der Waals surface area contributed by atoms with Gasteiger partial charge in [-0.1, -0.05) is 30.3 Å². The van der Waals surface area contributed by atoms with Crippen molar-refractivity contribution in [3.63, 3.8) is 0 Å². The number of nitrogens with zero attached hydrogens (tertiary/aromatic N) is 3. The van der Waals surface area contributed by atoms with E-state index in [2.05, 4.69) is 56.6 Å². The van der Waals surface area contributed by atoms with Gasteiger partial charge < -0.3 is 11.1 Å². The van der Waals surface area contributed by atoms with Gasteiger partial charge in [-0.3, -0.25) is 4.90 Å². The van der Waals surface area contributed by atoms with Gasteiger partial charge in [-0.25, -0.2) is 9.97 Å². The molecule has 2 heterocycles. The first-order valence-electron chi connectivity index (χ1n) is 9.36. The average molecular weight is 337 g/mol. The van der Waals surface area contributed by atoms with Gasteiger partial charge in [0, 0.05) is 49.4 Å². The molecule has 0 unspecified atom stereocenters. The Morgan fingerprint density at radius 3 is 2.56 bits per heavy atom. The molecule has 0 amide bonds. The largest absolute Gasteiger partial charge is 0.367 e. The summed E-state index contributed by atoms with van der Waals surface area (Å²) in [4.78, 5) is 11.4. The molecule has 0 radical (unpaired) electrons. The van der Waals surface area contributed by atoms with Crippen LogP contribution in [-0.4, -0.2) is 40.0 Å². The number of aromatic nitrogens is 2. The Labute approximate surface area is 149 Å². The van der Waals surface area contributed by atoms with Gasteiger partial charge in [0.05, 0.1) is 0 Å². The van der Waals surface area contributed by atoms with Crippen molar-refractivity contribution in [2.24, 2.45) is 5.73 Å². The molecular formula is C20H27N5. The first-order valence-corrected chi connectivity index (χ1v) is 9.36. The molecule has 0 spiro atoms. The fourth-order valence-electron chi connectivity index (χ4n) is 3.86. The van der Waals surface area contributed by atoms with E-state index >= 15 is 0 Å². The summed E-state index contributed by atoms with van der Waals surface area (Å²) in [5.41, 5.74) is 8.43. The molecule has 1 aromatic heterocycles. The molecule has 4 rings (SSSR count). The minimum atomic E-state index is 0.352. The maximum atomic E-state index is 5.90. The molecule has 25 heavy (non-hydrogen) atoms. The molecule has 3 N–H and O–H groups in total. The Hall–Kier alpha value is -1.98. The highest BCUT2D eigenvalue weighted by Crippen LogP contribution is 2.35. The molecule has 2 aliphatic rings. The molecular weight excluding hydrogens is 310 g/mol. The molecule has 0 bridgehead atoms. The first kappa shape index (κ1) is 16.5. The van der Waals surface area contributed by atoms with Crippen LogP contribution in [0.3, 0.4) is 0 Å². The van der Waals surface area contributed by atoms with E-state index in [0.717, 1.165) is 56.8 Å². The lowest BCUT2D eigenvalue weighted by Crippen LogP contribution is -2.39. The number of piperidine rings is 1. The summed E-state index contributed by atoms with van der Waals surface area (Å²) in [6, 6.07) is 13.7. The van der Waals surface area contributed by atoms with Crippen LogP contribution in [0.25, 0.3) is 0 Å². The monoisotopic (exact) mass is 337 g/mol. The average Bonchev–Trinajstić information content (AvgIpc) is 2.62. The fraction of sp³-hybridized carbons (Fsp3) is 0.500. The molecule has 2 aromatic rings. The van der Waals surface area contributed by atoms with Crippen molar-refractivity contribution < 1.29 is 0 Å². The molecule has 1 saturated carbocycles. The van der Waals surface area contributed by atoms with E-state index in [-0.39, 0.29) is 0 Å². The van der Waals surface area contributed by atoms with Crippen LogP contribution < -0.4 is 11.1 Å². The van der Waals surface area contributed by atoms with Gasteiger partial charge in [-0.15, -0.1) is 0 Å². The quantitative estimate of drug-likeness (QED) is 0.878. The maximum absolute atomic E-state index is 5.90. The molecule has 5 heteroatoms. The third-order valence-electron chi connectivity index (χ3n) is 5.47. The number of nitrogens with two attached hydrogens (primary N) is 1. The van der Waals surface area contributed by atoms with Crippen molar-refractivity contribution in [1.29, 1.82) is 0 Å². The Bertz CT molecular complexity index is 675. The Morgan fingerprint density at radius 1 is 1.08 bits per heavy atom. The Balaban J connectivity index is 1.28. The van der Waals surface area contributed by atoms with Crippen molar-refractivity contribution in [2.75, 3.05) is 18.4 Å². The lowest BCUT2D eigenvalue weighted by molar-refractivity contribution is 0.211. The van der Waals surface area contributed by atoms with Crippen LogP contribution in [-0.2, 0) is 6.54 Å². The van der Waals surface area contributed by atoms with E-state index in [1.807, 2.05) is 0 Å². The predicted molar refractivity (Wildman–Crippen MR) is 100 cm³/mol. The standard InChI is InChI=1S/C20H27N5/c21-17-10-16(11-17)19-12-20(23-14-22-19)24-18-6-8-25(9-7-18)13-15-4-2-1-3-5-15/h1-5,12,14,16-18H,6-11,13,21H2,(H,22,23,24). The number of likely N-dealkylation sites (tertiary alicyclic amines) is 1. The fourth-order valence-corrected chi connectivity index (χ4v) is 3.86. The number of benzene rings is 1. The van der Waals surface area contributed by atoms with Crippen LogP contribution >= 0.6 is 0 Å². The van der Waals surface area contributed by atoms with E-state index in [0.29, 0.717) is 18.0 Å². The zero-order chi connectivity index (χ0) is 17.1. The zero-order valence-electron chi connectivity index (χ0n) is 14.6. The molecule has 132 valence electrons. The van der Waals surface area contributed by atoms with Crippen molar-refractivity contribution in [2.45, 2.75) is 50.2 Å². The molecule has 1 aliphatic carbocycles. The molecule has 1 saturated heterocycles. The van der Waals surface area contributed by atoms with Crippen LogP contribution in [0.15, 0.2) is 42.7 Å². The van der Waals surface area contributed by atoms with Gasteiger partial charge in [0.15, 0.2) is 0 Å². The summed E-state index contributed by atoms with van der Waals surface area (Å²) < 4.78 is 0. The van der Waals surface area contributed by atoms with Crippen LogP contribution in [0, 0.1) is 0 Å². The number of anilines is 1. The lowest BCUT2D eigenvalue weighted by Gasteiger charge is -2.33.